The van der Waals surface area contributed by atoms with Crippen LogP contribution in [0.5, 0.6) is 0 Å². The third-order valence-electron chi connectivity index (χ3n) is 11.4. The van der Waals surface area contributed by atoms with Gasteiger partial charge in [-0.1, -0.05) is 152 Å². The molecule has 0 saturated heterocycles. The predicted molar refractivity (Wildman–Crippen MR) is 227 cm³/mol. The lowest BCUT2D eigenvalue weighted by molar-refractivity contribution is 0.663. The van der Waals surface area contributed by atoms with Crippen molar-refractivity contribution in [2.45, 2.75) is 0 Å². The van der Waals surface area contributed by atoms with E-state index in [1.807, 2.05) is 12.1 Å². The first-order valence-corrected chi connectivity index (χ1v) is 18.5. The minimum atomic E-state index is 0.833. The maximum absolute atomic E-state index is 6.63. The van der Waals surface area contributed by atoms with Crippen LogP contribution in [0.3, 0.4) is 0 Å². The van der Waals surface area contributed by atoms with E-state index in [0.29, 0.717) is 0 Å². The quantitative estimate of drug-likeness (QED) is 0.173. The Balaban J connectivity index is 1.05. The van der Waals surface area contributed by atoms with E-state index >= 15 is 0 Å². The lowest BCUT2D eigenvalue weighted by Crippen LogP contribution is -1.91. The highest BCUT2D eigenvalue weighted by atomic mass is 16.3. The van der Waals surface area contributed by atoms with E-state index in [-0.39, 0.29) is 0 Å². The number of para-hydroxylation sites is 1. The number of benzene rings is 10. The summed E-state index contributed by atoms with van der Waals surface area (Å²) in [6.07, 6.45) is 0. The second-order valence-electron chi connectivity index (χ2n) is 14.3. The largest absolute Gasteiger partial charge is 0.456 e. The Kier molecular flexibility index (Phi) is 6.09. The third kappa shape index (κ3) is 4.17. The lowest BCUT2D eigenvalue weighted by Gasteiger charge is -2.18. The van der Waals surface area contributed by atoms with Crippen molar-refractivity contribution in [3.8, 4) is 33.4 Å². The number of hydrogen-bond donors (Lipinski definition) is 0. The first kappa shape index (κ1) is 29.4. The third-order valence-corrected chi connectivity index (χ3v) is 11.4. The summed E-state index contributed by atoms with van der Waals surface area (Å²) in [4.78, 5) is 0. The minimum Gasteiger partial charge on any atom is -0.456 e. The van der Waals surface area contributed by atoms with E-state index in [0.717, 1.165) is 60.4 Å². The smallest absolute Gasteiger partial charge is 0.147 e. The molecule has 2 nitrogen and oxygen atoms in total. The summed E-state index contributed by atoms with van der Waals surface area (Å²) in [6, 6.07) is 65.6. The van der Waals surface area contributed by atoms with E-state index in [4.69, 9.17) is 8.83 Å². The molecule has 12 rings (SSSR count). The molecule has 0 fully saturated rings. The molecule has 54 heavy (non-hydrogen) atoms. The van der Waals surface area contributed by atoms with Crippen molar-refractivity contribution in [3.63, 3.8) is 0 Å². The summed E-state index contributed by atoms with van der Waals surface area (Å²) in [6.45, 7) is 0. The van der Waals surface area contributed by atoms with Crippen molar-refractivity contribution in [2.75, 3.05) is 0 Å². The molecule has 0 spiro atoms. The Labute approximate surface area is 310 Å². The highest BCUT2D eigenvalue weighted by Crippen LogP contribution is 2.47. The number of fused-ring (bicyclic) bond motifs is 12. The van der Waals surface area contributed by atoms with Crippen LogP contribution in [0.25, 0.3) is 120 Å². The minimum absolute atomic E-state index is 0.833. The molecule has 0 radical (unpaired) electrons. The molecule has 0 aliphatic rings. The first-order valence-electron chi connectivity index (χ1n) is 18.5. The fourth-order valence-electron chi connectivity index (χ4n) is 9.05. The van der Waals surface area contributed by atoms with Gasteiger partial charge >= 0.3 is 0 Å². The van der Waals surface area contributed by atoms with Gasteiger partial charge in [-0.25, -0.2) is 0 Å². The molecule has 250 valence electrons. The van der Waals surface area contributed by atoms with Crippen LogP contribution in [0.4, 0.5) is 0 Å². The zero-order valence-electron chi connectivity index (χ0n) is 29.1. The van der Waals surface area contributed by atoms with Gasteiger partial charge < -0.3 is 8.83 Å². The SMILES string of the molecule is c1ccc2cc(-c3c4ccccc4c(-c4ccc(-c5cc6oc7ccc8c9ccccc9oc8c7c6c6ccccc56)cc4)c4ccccc34)ccc2c1. The highest BCUT2D eigenvalue weighted by molar-refractivity contribution is 6.29. The average Bonchev–Trinajstić information content (AvgIpc) is 3.81. The Hall–Kier alpha value is -7.16. The predicted octanol–water partition coefficient (Wildman–Crippen LogP) is 15.1. The summed E-state index contributed by atoms with van der Waals surface area (Å²) in [5.41, 5.74) is 10.7. The molecule has 0 aliphatic carbocycles. The molecule has 12 aromatic rings. The van der Waals surface area contributed by atoms with Crippen molar-refractivity contribution >= 4 is 87.0 Å². The maximum atomic E-state index is 6.63. The van der Waals surface area contributed by atoms with Crippen molar-refractivity contribution in [3.05, 3.63) is 182 Å². The standard InChI is InChI=1S/C52H30O2/c1-2-12-34-29-35(26-21-31(34)11-1)49-41-18-7-5-16-39(41)48(40-17-6-8-19-42(40)49)33-24-22-32(23-25-33)44-30-47-50(38-15-4-3-13-36(38)44)51-46(53-47)28-27-43-37-14-9-10-20-45(37)54-52(43)51/h1-30H. The number of hydrogen-bond acceptors (Lipinski definition) is 2. The van der Waals surface area contributed by atoms with E-state index in [9.17, 15) is 0 Å². The van der Waals surface area contributed by atoms with Crippen LogP contribution >= 0.6 is 0 Å². The summed E-state index contributed by atoms with van der Waals surface area (Å²) in [7, 11) is 0. The molecule has 0 atom stereocenters. The van der Waals surface area contributed by atoms with Crippen LogP contribution in [0, 0.1) is 0 Å². The van der Waals surface area contributed by atoms with Crippen LogP contribution in [0.1, 0.15) is 0 Å². The van der Waals surface area contributed by atoms with Crippen LogP contribution in [-0.4, -0.2) is 0 Å². The molecular weight excluding hydrogens is 657 g/mol. The summed E-state index contributed by atoms with van der Waals surface area (Å²) >= 11 is 0. The normalized spacial score (nSPS) is 12.1. The molecule has 0 N–H and O–H groups in total. The summed E-state index contributed by atoms with van der Waals surface area (Å²) in [5.74, 6) is 0. The van der Waals surface area contributed by atoms with Gasteiger partial charge in [0.1, 0.15) is 22.3 Å². The van der Waals surface area contributed by atoms with E-state index in [1.165, 1.54) is 60.0 Å². The Morgan fingerprint density at radius 3 is 1.56 bits per heavy atom. The Morgan fingerprint density at radius 2 is 0.833 bits per heavy atom. The Morgan fingerprint density at radius 1 is 0.278 bits per heavy atom. The second kappa shape index (κ2) is 11.2. The molecular formula is C52H30O2. The van der Waals surface area contributed by atoms with E-state index < -0.39 is 0 Å². The van der Waals surface area contributed by atoms with Crippen molar-refractivity contribution < 1.29 is 8.83 Å². The molecule has 2 aromatic heterocycles. The monoisotopic (exact) mass is 686 g/mol. The zero-order valence-corrected chi connectivity index (χ0v) is 29.1. The molecule has 10 aromatic carbocycles. The average molecular weight is 687 g/mol. The molecule has 2 heteroatoms. The van der Waals surface area contributed by atoms with Gasteiger partial charge in [-0.05, 0) is 107 Å². The number of furan rings is 2. The lowest BCUT2D eigenvalue weighted by atomic mass is 9.85. The van der Waals surface area contributed by atoms with Crippen LogP contribution in [-0.2, 0) is 0 Å². The van der Waals surface area contributed by atoms with Crippen LogP contribution in [0.15, 0.2) is 191 Å². The fraction of sp³-hybridized carbons (Fsp3) is 0. The molecule has 0 amide bonds. The van der Waals surface area contributed by atoms with Gasteiger partial charge in [-0.3, -0.25) is 0 Å². The Bertz CT molecular complexity index is 3430. The van der Waals surface area contributed by atoms with E-state index in [2.05, 4.69) is 170 Å². The van der Waals surface area contributed by atoms with E-state index in [1.54, 1.807) is 0 Å². The van der Waals surface area contributed by atoms with Gasteiger partial charge in [-0.2, -0.15) is 0 Å². The van der Waals surface area contributed by atoms with Crippen LogP contribution < -0.4 is 0 Å². The zero-order chi connectivity index (χ0) is 35.3. The molecule has 0 aliphatic heterocycles. The first-order chi connectivity index (χ1) is 26.8. The van der Waals surface area contributed by atoms with Crippen LogP contribution in [0.2, 0.25) is 0 Å². The van der Waals surface area contributed by atoms with Crippen molar-refractivity contribution in [1.29, 1.82) is 0 Å². The topological polar surface area (TPSA) is 26.3 Å². The van der Waals surface area contributed by atoms with Gasteiger partial charge in [0.2, 0.25) is 0 Å². The summed E-state index contributed by atoms with van der Waals surface area (Å²) in [5, 5.41) is 14.2. The number of rotatable bonds is 3. The van der Waals surface area contributed by atoms with Gasteiger partial charge in [0.15, 0.2) is 0 Å². The molecule has 2 heterocycles. The highest BCUT2D eigenvalue weighted by Gasteiger charge is 2.21. The van der Waals surface area contributed by atoms with Gasteiger partial charge in [0.25, 0.3) is 0 Å². The van der Waals surface area contributed by atoms with Gasteiger partial charge in [-0.15, -0.1) is 0 Å². The molecule has 0 unspecified atom stereocenters. The van der Waals surface area contributed by atoms with Gasteiger partial charge in [0.05, 0.1) is 5.39 Å². The van der Waals surface area contributed by atoms with Crippen molar-refractivity contribution in [2.24, 2.45) is 0 Å². The second-order valence-corrected chi connectivity index (χ2v) is 14.3. The molecule has 0 bridgehead atoms. The summed E-state index contributed by atoms with van der Waals surface area (Å²) < 4.78 is 13.1. The molecule has 0 saturated carbocycles. The maximum Gasteiger partial charge on any atom is 0.147 e. The van der Waals surface area contributed by atoms with Gasteiger partial charge in [0, 0.05) is 16.2 Å². The fourth-order valence-corrected chi connectivity index (χ4v) is 9.05. The van der Waals surface area contributed by atoms with Crippen molar-refractivity contribution in [1.82, 2.24) is 0 Å².